The quantitative estimate of drug-likeness (QED) is 0.614. The molecule has 0 bridgehead atoms. The Bertz CT molecular complexity index is 207. The molecule has 0 spiro atoms. The molecular weight excluding hydrogens is 166 g/mol. The highest BCUT2D eigenvalue weighted by atomic mass is 19.3. The third-order valence-corrected chi connectivity index (χ3v) is 1.56. The Kier molecular flexibility index (Phi) is 2.42. The van der Waals surface area contributed by atoms with Crippen molar-refractivity contribution >= 4 is 5.91 Å². The first-order chi connectivity index (χ1) is 5.49. The normalized spacial score (nSPS) is 22.5. The number of hydrogen-bond donors (Lipinski definition) is 1. The van der Waals surface area contributed by atoms with Crippen LogP contribution in [0.4, 0.5) is 8.78 Å². The van der Waals surface area contributed by atoms with E-state index in [-0.39, 0.29) is 13.1 Å². The maximum absolute atomic E-state index is 12.2. The lowest BCUT2D eigenvalue weighted by molar-refractivity contribution is -0.125. The van der Waals surface area contributed by atoms with Crippen molar-refractivity contribution in [2.45, 2.75) is 5.92 Å². The molecule has 2 N–H and O–H groups in total. The zero-order valence-electron chi connectivity index (χ0n) is 6.46. The molecule has 1 rings (SSSR count). The molecule has 68 valence electrons. The first-order valence-electron chi connectivity index (χ1n) is 3.56. The van der Waals surface area contributed by atoms with Crippen molar-refractivity contribution in [3.63, 3.8) is 0 Å². The third kappa shape index (κ3) is 2.58. The van der Waals surface area contributed by atoms with E-state index in [0.717, 1.165) is 0 Å². The van der Waals surface area contributed by atoms with Crippen molar-refractivity contribution in [2.24, 2.45) is 5.73 Å². The van der Waals surface area contributed by atoms with E-state index < -0.39 is 11.8 Å². The second kappa shape index (κ2) is 3.18. The summed E-state index contributed by atoms with van der Waals surface area (Å²) in [6.45, 7) is -0.0925. The van der Waals surface area contributed by atoms with Crippen LogP contribution in [0, 0.1) is 0 Å². The molecule has 0 aliphatic carbocycles. The van der Waals surface area contributed by atoms with Gasteiger partial charge in [0.2, 0.25) is 5.91 Å². The van der Waals surface area contributed by atoms with Crippen LogP contribution in [-0.2, 0) is 4.79 Å². The van der Waals surface area contributed by atoms with Crippen LogP contribution in [0.25, 0.3) is 0 Å². The topological polar surface area (TPSA) is 46.3 Å². The average Bonchev–Trinajstić information content (AvgIpc) is 1.82. The highest BCUT2D eigenvalue weighted by Crippen LogP contribution is 2.25. The largest absolute Gasteiger partial charge is 0.366 e. The standard InChI is InChI=1S/C7H10F2N2O/c8-7(9)4-11(5-7)3-1-2-6(10)12/h1-2H,3-5H2,(H2,10,12). The van der Waals surface area contributed by atoms with Crippen LogP contribution in [0.3, 0.4) is 0 Å². The molecule has 0 unspecified atom stereocenters. The van der Waals surface area contributed by atoms with E-state index in [1.807, 2.05) is 0 Å². The molecule has 0 saturated carbocycles. The number of rotatable bonds is 3. The number of carbonyl (C=O) groups excluding carboxylic acids is 1. The maximum atomic E-state index is 12.2. The number of alkyl halides is 2. The molecule has 1 aliphatic rings. The van der Waals surface area contributed by atoms with Gasteiger partial charge in [-0.2, -0.15) is 0 Å². The molecule has 12 heavy (non-hydrogen) atoms. The van der Waals surface area contributed by atoms with Gasteiger partial charge >= 0.3 is 0 Å². The molecule has 0 aromatic heterocycles. The SMILES string of the molecule is NC(=O)C=CCN1CC(F)(F)C1. The van der Waals surface area contributed by atoms with Gasteiger partial charge in [0.25, 0.3) is 5.92 Å². The Morgan fingerprint density at radius 3 is 2.58 bits per heavy atom. The van der Waals surface area contributed by atoms with Gasteiger partial charge in [0.15, 0.2) is 0 Å². The first-order valence-corrected chi connectivity index (χ1v) is 3.56. The fourth-order valence-electron chi connectivity index (χ4n) is 1.06. The first kappa shape index (κ1) is 9.12. The van der Waals surface area contributed by atoms with Crippen LogP contribution in [-0.4, -0.2) is 36.4 Å². The molecule has 1 fully saturated rings. The Morgan fingerprint density at radius 2 is 2.17 bits per heavy atom. The van der Waals surface area contributed by atoms with E-state index >= 15 is 0 Å². The molecule has 1 aliphatic heterocycles. The number of nitrogens with zero attached hydrogens (tertiary/aromatic N) is 1. The molecule has 1 saturated heterocycles. The smallest absolute Gasteiger partial charge is 0.272 e. The summed E-state index contributed by atoms with van der Waals surface area (Å²) in [4.78, 5) is 11.7. The second-order valence-electron chi connectivity index (χ2n) is 2.83. The number of hydrogen-bond acceptors (Lipinski definition) is 2. The van der Waals surface area contributed by atoms with Gasteiger partial charge in [-0.1, -0.05) is 6.08 Å². The average molecular weight is 176 g/mol. The summed E-state index contributed by atoms with van der Waals surface area (Å²) in [7, 11) is 0. The number of primary amides is 1. The Labute approximate surface area is 68.8 Å². The van der Waals surface area contributed by atoms with Gasteiger partial charge in [0.1, 0.15) is 0 Å². The Hall–Kier alpha value is -0.970. The monoisotopic (exact) mass is 176 g/mol. The van der Waals surface area contributed by atoms with Crippen LogP contribution < -0.4 is 5.73 Å². The Balaban J connectivity index is 2.16. The van der Waals surface area contributed by atoms with E-state index in [4.69, 9.17) is 5.73 Å². The zero-order valence-corrected chi connectivity index (χ0v) is 6.46. The molecule has 1 heterocycles. The highest BCUT2D eigenvalue weighted by Gasteiger charge is 2.42. The van der Waals surface area contributed by atoms with Crippen LogP contribution >= 0.6 is 0 Å². The van der Waals surface area contributed by atoms with Crippen LogP contribution in [0.1, 0.15) is 0 Å². The van der Waals surface area contributed by atoms with Crippen molar-refractivity contribution in [3.05, 3.63) is 12.2 Å². The molecule has 0 atom stereocenters. The highest BCUT2D eigenvalue weighted by molar-refractivity contribution is 5.85. The third-order valence-electron chi connectivity index (χ3n) is 1.56. The minimum absolute atomic E-state index is 0.226. The number of carbonyl (C=O) groups is 1. The molecule has 0 aromatic carbocycles. The van der Waals surface area contributed by atoms with E-state index in [1.165, 1.54) is 17.1 Å². The minimum atomic E-state index is -2.54. The van der Waals surface area contributed by atoms with Gasteiger partial charge in [-0.05, 0) is 6.08 Å². The van der Waals surface area contributed by atoms with Crippen molar-refractivity contribution in [3.8, 4) is 0 Å². The second-order valence-corrected chi connectivity index (χ2v) is 2.83. The van der Waals surface area contributed by atoms with E-state index in [9.17, 15) is 13.6 Å². The number of halogens is 2. The van der Waals surface area contributed by atoms with E-state index in [1.54, 1.807) is 0 Å². The van der Waals surface area contributed by atoms with Crippen LogP contribution in [0.2, 0.25) is 0 Å². The molecule has 0 radical (unpaired) electrons. The summed E-state index contributed by atoms with van der Waals surface area (Å²) in [6, 6.07) is 0. The zero-order chi connectivity index (χ0) is 9.19. The van der Waals surface area contributed by atoms with Gasteiger partial charge < -0.3 is 5.73 Å². The van der Waals surface area contributed by atoms with E-state index in [0.29, 0.717) is 6.54 Å². The maximum Gasteiger partial charge on any atom is 0.272 e. The fraction of sp³-hybridized carbons (Fsp3) is 0.571. The van der Waals surface area contributed by atoms with Gasteiger partial charge in [-0.15, -0.1) is 0 Å². The van der Waals surface area contributed by atoms with E-state index in [2.05, 4.69) is 0 Å². The molecule has 1 amide bonds. The summed E-state index contributed by atoms with van der Waals surface area (Å²) >= 11 is 0. The van der Waals surface area contributed by atoms with Gasteiger partial charge in [0, 0.05) is 6.54 Å². The molecule has 5 heteroatoms. The lowest BCUT2D eigenvalue weighted by atomic mass is 10.1. The molecule has 0 aromatic rings. The summed E-state index contributed by atoms with van der Waals surface area (Å²) in [6.07, 6.45) is 2.66. The van der Waals surface area contributed by atoms with Crippen LogP contribution in [0.5, 0.6) is 0 Å². The number of nitrogens with two attached hydrogens (primary N) is 1. The lowest BCUT2D eigenvalue weighted by Gasteiger charge is -2.37. The summed E-state index contributed by atoms with van der Waals surface area (Å²) in [5, 5.41) is 0. The summed E-state index contributed by atoms with van der Waals surface area (Å²) in [5.74, 6) is -3.09. The predicted octanol–water partition coefficient (Wildman–Crippen LogP) is -0.0212. The fourth-order valence-corrected chi connectivity index (χ4v) is 1.06. The van der Waals surface area contributed by atoms with Gasteiger partial charge in [0.05, 0.1) is 13.1 Å². The van der Waals surface area contributed by atoms with Crippen molar-refractivity contribution in [1.82, 2.24) is 4.90 Å². The minimum Gasteiger partial charge on any atom is -0.366 e. The van der Waals surface area contributed by atoms with Gasteiger partial charge in [-0.25, -0.2) is 8.78 Å². The number of amides is 1. The Morgan fingerprint density at radius 1 is 1.58 bits per heavy atom. The van der Waals surface area contributed by atoms with Crippen molar-refractivity contribution < 1.29 is 13.6 Å². The predicted molar refractivity (Wildman–Crippen MR) is 39.7 cm³/mol. The van der Waals surface area contributed by atoms with Gasteiger partial charge in [-0.3, -0.25) is 9.69 Å². The molecular formula is C7H10F2N2O. The van der Waals surface area contributed by atoms with Crippen molar-refractivity contribution in [2.75, 3.05) is 19.6 Å². The molecule has 3 nitrogen and oxygen atoms in total. The number of likely N-dealkylation sites (tertiary alicyclic amines) is 1. The summed E-state index contributed by atoms with van der Waals surface area (Å²) in [5.41, 5.74) is 4.80. The van der Waals surface area contributed by atoms with Crippen molar-refractivity contribution in [1.29, 1.82) is 0 Å². The lowest BCUT2D eigenvalue weighted by Crippen LogP contribution is -2.55. The van der Waals surface area contributed by atoms with Crippen LogP contribution in [0.15, 0.2) is 12.2 Å². The summed E-state index contributed by atoms with van der Waals surface area (Å²) < 4.78 is 24.4.